The molecule has 0 bridgehead atoms. The van der Waals surface area contributed by atoms with Gasteiger partial charge in [0.05, 0.1) is 5.69 Å². The topological polar surface area (TPSA) is 15.3 Å². The van der Waals surface area contributed by atoms with Crippen LogP contribution < -0.4 is 10.2 Å². The highest BCUT2D eigenvalue weighted by Crippen LogP contribution is 2.33. The number of benzene rings is 1. The van der Waals surface area contributed by atoms with Crippen LogP contribution in [0.1, 0.15) is 26.7 Å². The van der Waals surface area contributed by atoms with E-state index in [1.807, 2.05) is 24.1 Å². The van der Waals surface area contributed by atoms with Crippen LogP contribution in [0, 0.1) is 17.2 Å². The quantitative estimate of drug-likeness (QED) is 0.897. The van der Waals surface area contributed by atoms with Gasteiger partial charge in [0.15, 0.2) is 0 Å². The molecule has 19 heavy (non-hydrogen) atoms. The van der Waals surface area contributed by atoms with Crippen molar-refractivity contribution in [2.45, 2.75) is 26.7 Å². The second-order valence-electron chi connectivity index (χ2n) is 6.34. The Hall–Kier alpha value is -1.09. The summed E-state index contributed by atoms with van der Waals surface area (Å²) >= 11 is 0. The lowest BCUT2D eigenvalue weighted by molar-refractivity contribution is 0.177. The summed E-state index contributed by atoms with van der Waals surface area (Å²) in [4.78, 5) is 2.05. The minimum absolute atomic E-state index is 0.137. The van der Waals surface area contributed by atoms with Gasteiger partial charge in [0.2, 0.25) is 0 Å². The first-order valence-electron chi connectivity index (χ1n) is 7.17. The van der Waals surface area contributed by atoms with E-state index >= 15 is 0 Å². The van der Waals surface area contributed by atoms with Crippen molar-refractivity contribution < 1.29 is 4.39 Å². The molecule has 0 amide bonds. The number of piperidine rings is 1. The number of hydrogen-bond donors (Lipinski definition) is 1. The maximum atomic E-state index is 13.8. The van der Waals surface area contributed by atoms with Crippen molar-refractivity contribution in [3.8, 4) is 0 Å². The number of halogens is 1. The molecular weight excluding hydrogens is 239 g/mol. The fourth-order valence-corrected chi connectivity index (χ4v) is 3.11. The number of anilines is 1. The Bertz CT molecular complexity index is 411. The van der Waals surface area contributed by atoms with Crippen molar-refractivity contribution >= 4 is 5.69 Å². The molecule has 1 aromatic rings. The predicted octanol–water partition coefficient (Wildman–Crippen LogP) is 3.29. The molecular formula is C16H25FN2. The van der Waals surface area contributed by atoms with Gasteiger partial charge in [-0.25, -0.2) is 4.39 Å². The van der Waals surface area contributed by atoms with E-state index in [0.717, 1.165) is 19.6 Å². The van der Waals surface area contributed by atoms with Crippen LogP contribution in [0.25, 0.3) is 0 Å². The Morgan fingerprint density at radius 1 is 1.37 bits per heavy atom. The van der Waals surface area contributed by atoms with Gasteiger partial charge in [-0.15, -0.1) is 0 Å². The zero-order valence-electron chi connectivity index (χ0n) is 12.2. The maximum Gasteiger partial charge on any atom is 0.146 e. The minimum atomic E-state index is -0.137. The van der Waals surface area contributed by atoms with E-state index in [-0.39, 0.29) is 11.2 Å². The van der Waals surface area contributed by atoms with E-state index in [0.29, 0.717) is 11.6 Å². The lowest BCUT2D eigenvalue weighted by Gasteiger charge is -2.40. The number of para-hydroxylation sites is 1. The standard InChI is InChI=1S/C16H25FN2/c1-16(2,13-7-6-10-18-11-13)12-19(3)15-9-5-4-8-14(15)17/h4-5,8-9,13,18H,6-7,10-12H2,1-3H3. The molecule has 0 aliphatic carbocycles. The molecule has 1 atom stereocenters. The maximum absolute atomic E-state index is 13.8. The second kappa shape index (κ2) is 5.91. The van der Waals surface area contributed by atoms with Crippen molar-refractivity contribution in [2.24, 2.45) is 11.3 Å². The summed E-state index contributed by atoms with van der Waals surface area (Å²) in [5, 5.41) is 3.47. The summed E-state index contributed by atoms with van der Waals surface area (Å²) in [5.41, 5.74) is 0.879. The van der Waals surface area contributed by atoms with Crippen molar-refractivity contribution in [2.75, 3.05) is 31.6 Å². The molecule has 106 valence electrons. The molecule has 1 saturated heterocycles. The summed E-state index contributed by atoms with van der Waals surface area (Å²) in [5.74, 6) is 0.526. The van der Waals surface area contributed by atoms with Gasteiger partial charge >= 0.3 is 0 Å². The van der Waals surface area contributed by atoms with Crippen LogP contribution in [-0.4, -0.2) is 26.7 Å². The Morgan fingerprint density at radius 3 is 2.74 bits per heavy atom. The molecule has 1 unspecified atom stereocenters. The Kier molecular flexibility index (Phi) is 4.46. The van der Waals surface area contributed by atoms with E-state index in [1.54, 1.807) is 6.07 Å². The number of rotatable bonds is 4. The third-order valence-electron chi connectivity index (χ3n) is 4.31. The number of nitrogens with one attached hydrogen (secondary N) is 1. The Morgan fingerprint density at radius 2 is 2.11 bits per heavy atom. The van der Waals surface area contributed by atoms with Crippen LogP contribution in [0.2, 0.25) is 0 Å². The fraction of sp³-hybridized carbons (Fsp3) is 0.625. The fourth-order valence-electron chi connectivity index (χ4n) is 3.11. The van der Waals surface area contributed by atoms with Crippen LogP contribution in [0.3, 0.4) is 0 Å². The summed E-state index contributed by atoms with van der Waals surface area (Å²) in [6.07, 6.45) is 2.52. The zero-order chi connectivity index (χ0) is 13.9. The van der Waals surface area contributed by atoms with Crippen LogP contribution in [-0.2, 0) is 0 Å². The normalized spacial score (nSPS) is 20.3. The van der Waals surface area contributed by atoms with Gasteiger partial charge in [0.25, 0.3) is 0 Å². The first-order valence-corrected chi connectivity index (χ1v) is 7.17. The van der Waals surface area contributed by atoms with Gasteiger partial charge in [0, 0.05) is 13.6 Å². The second-order valence-corrected chi connectivity index (χ2v) is 6.34. The molecule has 0 saturated carbocycles. The van der Waals surface area contributed by atoms with Crippen molar-refractivity contribution in [1.29, 1.82) is 0 Å². The van der Waals surface area contributed by atoms with Gasteiger partial charge in [-0.05, 0) is 49.4 Å². The number of nitrogens with zero attached hydrogens (tertiary/aromatic N) is 1. The van der Waals surface area contributed by atoms with Crippen LogP contribution >= 0.6 is 0 Å². The zero-order valence-corrected chi connectivity index (χ0v) is 12.2. The summed E-state index contributed by atoms with van der Waals surface area (Å²) in [6.45, 7) is 7.68. The van der Waals surface area contributed by atoms with E-state index in [2.05, 4.69) is 19.2 Å². The Labute approximate surface area is 116 Å². The van der Waals surface area contributed by atoms with Crippen molar-refractivity contribution in [1.82, 2.24) is 5.32 Å². The third kappa shape index (κ3) is 3.47. The van der Waals surface area contributed by atoms with Crippen LogP contribution in [0.15, 0.2) is 24.3 Å². The third-order valence-corrected chi connectivity index (χ3v) is 4.31. The first-order chi connectivity index (χ1) is 9.00. The van der Waals surface area contributed by atoms with Crippen LogP contribution in [0.5, 0.6) is 0 Å². The average molecular weight is 264 g/mol. The van der Waals surface area contributed by atoms with E-state index in [1.165, 1.54) is 18.9 Å². The monoisotopic (exact) mass is 264 g/mol. The molecule has 1 aromatic carbocycles. The predicted molar refractivity (Wildman–Crippen MR) is 79.0 cm³/mol. The molecule has 1 aliphatic rings. The molecule has 2 rings (SSSR count). The van der Waals surface area contributed by atoms with Gasteiger partial charge < -0.3 is 10.2 Å². The van der Waals surface area contributed by atoms with Gasteiger partial charge in [-0.1, -0.05) is 26.0 Å². The Balaban J connectivity index is 2.04. The number of hydrogen-bond acceptors (Lipinski definition) is 2. The smallest absolute Gasteiger partial charge is 0.146 e. The minimum Gasteiger partial charge on any atom is -0.372 e. The molecule has 1 heterocycles. The van der Waals surface area contributed by atoms with E-state index in [9.17, 15) is 4.39 Å². The highest BCUT2D eigenvalue weighted by Gasteiger charge is 2.32. The van der Waals surface area contributed by atoms with E-state index < -0.39 is 0 Å². The van der Waals surface area contributed by atoms with Crippen LogP contribution in [0.4, 0.5) is 10.1 Å². The largest absolute Gasteiger partial charge is 0.372 e. The lowest BCUT2D eigenvalue weighted by Crippen LogP contribution is -2.44. The van der Waals surface area contributed by atoms with Gasteiger partial charge in [0.1, 0.15) is 5.82 Å². The van der Waals surface area contributed by atoms with Gasteiger partial charge in [-0.3, -0.25) is 0 Å². The van der Waals surface area contributed by atoms with Crippen molar-refractivity contribution in [3.63, 3.8) is 0 Å². The lowest BCUT2D eigenvalue weighted by atomic mass is 9.74. The highest BCUT2D eigenvalue weighted by atomic mass is 19.1. The molecule has 3 heteroatoms. The molecule has 1 fully saturated rings. The SMILES string of the molecule is CN(CC(C)(C)C1CCCNC1)c1ccccc1F. The summed E-state index contributed by atoms with van der Waals surface area (Å²) in [7, 11) is 1.98. The van der Waals surface area contributed by atoms with Crippen molar-refractivity contribution in [3.05, 3.63) is 30.1 Å². The molecule has 2 nitrogen and oxygen atoms in total. The van der Waals surface area contributed by atoms with Gasteiger partial charge in [-0.2, -0.15) is 0 Å². The summed E-state index contributed by atoms with van der Waals surface area (Å²) < 4.78 is 13.8. The molecule has 1 aliphatic heterocycles. The first kappa shape index (κ1) is 14.3. The average Bonchev–Trinajstić information content (AvgIpc) is 2.39. The van der Waals surface area contributed by atoms with E-state index in [4.69, 9.17) is 0 Å². The molecule has 0 spiro atoms. The molecule has 1 N–H and O–H groups in total. The highest BCUT2D eigenvalue weighted by molar-refractivity contribution is 5.46. The molecule has 0 aromatic heterocycles. The summed E-state index contributed by atoms with van der Waals surface area (Å²) in [6, 6.07) is 7.01. The molecule has 0 radical (unpaired) electrons.